The first-order valence-electron chi connectivity index (χ1n) is 9.43. The molecule has 1 aromatic rings. The van der Waals surface area contributed by atoms with Gasteiger partial charge in [-0.15, -0.1) is 0 Å². The summed E-state index contributed by atoms with van der Waals surface area (Å²) in [5.41, 5.74) is 0.748. The highest BCUT2D eigenvalue weighted by atomic mass is 16.7. The quantitative estimate of drug-likeness (QED) is 0.297. The lowest BCUT2D eigenvalue weighted by atomic mass is 9.99. The lowest BCUT2D eigenvalue weighted by Crippen LogP contribution is -2.59. The fourth-order valence-electron chi connectivity index (χ4n) is 2.71. The molecule has 0 bridgehead atoms. The van der Waals surface area contributed by atoms with Gasteiger partial charge in [0.05, 0.1) is 19.8 Å². The van der Waals surface area contributed by atoms with Crippen LogP contribution in [0.1, 0.15) is 12.5 Å². The molecule has 11 heteroatoms. The first-order valence-corrected chi connectivity index (χ1v) is 9.43. The largest absolute Gasteiger partial charge is 0.464 e. The fourth-order valence-corrected chi connectivity index (χ4v) is 2.71. The Kier molecular flexibility index (Phi) is 9.43. The van der Waals surface area contributed by atoms with Crippen LogP contribution < -0.4 is 5.32 Å². The summed E-state index contributed by atoms with van der Waals surface area (Å²) in [6.07, 6.45) is -8.34. The van der Waals surface area contributed by atoms with E-state index in [1.54, 1.807) is 31.2 Å². The molecule has 6 atom stereocenters. The van der Waals surface area contributed by atoms with Gasteiger partial charge >= 0.3 is 12.1 Å². The predicted molar refractivity (Wildman–Crippen MR) is 99.9 cm³/mol. The van der Waals surface area contributed by atoms with Crippen molar-refractivity contribution >= 4 is 12.1 Å². The average Bonchev–Trinajstić information content (AvgIpc) is 2.75. The van der Waals surface area contributed by atoms with E-state index in [0.717, 1.165) is 5.56 Å². The number of carbonyl (C=O) groups is 2. The molecular weight excluding hydrogens is 402 g/mol. The highest BCUT2D eigenvalue weighted by molar-refractivity contribution is 5.81. The normalized spacial score (nSPS) is 27.2. The van der Waals surface area contributed by atoms with E-state index in [1.807, 2.05) is 6.07 Å². The molecule has 1 aliphatic rings. The van der Waals surface area contributed by atoms with Crippen LogP contribution in [0.2, 0.25) is 0 Å². The number of benzene rings is 1. The van der Waals surface area contributed by atoms with Gasteiger partial charge in [-0.25, -0.2) is 9.59 Å². The molecule has 1 amide bonds. The van der Waals surface area contributed by atoms with E-state index < -0.39 is 62.0 Å². The molecule has 1 aliphatic heterocycles. The maximum Gasteiger partial charge on any atom is 0.408 e. The molecule has 0 aliphatic carbocycles. The van der Waals surface area contributed by atoms with E-state index in [1.165, 1.54) is 0 Å². The van der Waals surface area contributed by atoms with Crippen LogP contribution >= 0.6 is 0 Å². The molecule has 1 unspecified atom stereocenters. The topological polar surface area (TPSA) is 164 Å². The van der Waals surface area contributed by atoms with Gasteiger partial charge in [-0.2, -0.15) is 0 Å². The molecule has 30 heavy (non-hydrogen) atoms. The van der Waals surface area contributed by atoms with Gasteiger partial charge in [0.2, 0.25) is 0 Å². The third kappa shape index (κ3) is 6.62. The van der Waals surface area contributed by atoms with Crippen molar-refractivity contribution in [3.05, 3.63) is 35.9 Å². The Hall–Kier alpha value is -2.28. The van der Waals surface area contributed by atoms with Crippen LogP contribution in [0.25, 0.3) is 0 Å². The van der Waals surface area contributed by atoms with Crippen LogP contribution in [-0.2, 0) is 30.3 Å². The minimum absolute atomic E-state index is 0.0181. The molecule has 1 heterocycles. The summed E-state index contributed by atoms with van der Waals surface area (Å²) in [5.74, 6) is -0.807. The molecule has 168 valence electrons. The monoisotopic (exact) mass is 429 g/mol. The van der Waals surface area contributed by atoms with Crippen molar-refractivity contribution in [2.45, 2.75) is 50.3 Å². The van der Waals surface area contributed by atoms with E-state index in [2.05, 4.69) is 5.32 Å². The zero-order valence-corrected chi connectivity index (χ0v) is 16.4. The van der Waals surface area contributed by atoms with E-state index in [0.29, 0.717) is 0 Å². The van der Waals surface area contributed by atoms with E-state index in [9.17, 15) is 30.0 Å². The first-order chi connectivity index (χ1) is 14.4. The minimum Gasteiger partial charge on any atom is -0.464 e. The molecular formula is C19H27NO10. The van der Waals surface area contributed by atoms with E-state index in [-0.39, 0.29) is 13.2 Å². The lowest BCUT2D eigenvalue weighted by Gasteiger charge is -2.39. The third-order valence-electron chi connectivity index (χ3n) is 4.35. The number of carbonyl (C=O) groups excluding carboxylic acids is 2. The maximum absolute atomic E-state index is 12.1. The van der Waals surface area contributed by atoms with Gasteiger partial charge in [0.25, 0.3) is 0 Å². The summed E-state index contributed by atoms with van der Waals surface area (Å²) >= 11 is 0. The SMILES string of the molecule is CCOC(=O)C(CO[C@@H]1O[C@H](CO)[C@H](O)[C@H](O)[C@H]1O)NC(=O)OCc1ccccc1. The zero-order valence-electron chi connectivity index (χ0n) is 16.4. The summed E-state index contributed by atoms with van der Waals surface area (Å²) in [4.78, 5) is 24.2. The predicted octanol–water partition coefficient (Wildman–Crippen LogP) is -1.34. The highest BCUT2D eigenvalue weighted by Crippen LogP contribution is 2.22. The van der Waals surface area contributed by atoms with Crippen LogP contribution in [-0.4, -0.2) is 89.1 Å². The Balaban J connectivity index is 1.94. The van der Waals surface area contributed by atoms with Crippen molar-refractivity contribution in [3.8, 4) is 0 Å². The summed E-state index contributed by atoms with van der Waals surface area (Å²) < 4.78 is 20.5. The highest BCUT2D eigenvalue weighted by Gasteiger charge is 2.44. The molecule has 0 radical (unpaired) electrons. The van der Waals surface area contributed by atoms with Gasteiger partial charge < -0.3 is 44.7 Å². The number of esters is 1. The molecule has 11 nitrogen and oxygen atoms in total. The smallest absolute Gasteiger partial charge is 0.408 e. The summed E-state index contributed by atoms with van der Waals surface area (Å²) in [6.45, 7) is 0.505. The third-order valence-corrected chi connectivity index (χ3v) is 4.35. The van der Waals surface area contributed by atoms with Gasteiger partial charge in [-0.1, -0.05) is 30.3 Å². The van der Waals surface area contributed by atoms with Crippen molar-refractivity contribution in [3.63, 3.8) is 0 Å². The van der Waals surface area contributed by atoms with Gasteiger partial charge in [0.15, 0.2) is 12.3 Å². The second kappa shape index (κ2) is 11.8. The Morgan fingerprint density at radius 3 is 2.43 bits per heavy atom. The number of alkyl carbamates (subject to hydrolysis) is 1. The Bertz CT molecular complexity index is 671. The zero-order chi connectivity index (χ0) is 22.1. The standard InChI is InChI=1S/C19H27NO10/c1-2-27-17(25)12(20-19(26)29-9-11-6-4-3-5-7-11)10-28-18-16(24)15(23)14(22)13(8-21)30-18/h3-7,12-16,18,21-24H,2,8-10H2,1H3,(H,20,26)/t12?,13-,14+,15+,16-,18-/m1/s1. The second-order valence-electron chi connectivity index (χ2n) is 6.54. The maximum atomic E-state index is 12.1. The van der Waals surface area contributed by atoms with Gasteiger partial charge in [0, 0.05) is 0 Å². The number of amides is 1. The number of hydrogen-bond acceptors (Lipinski definition) is 10. The summed E-state index contributed by atoms with van der Waals surface area (Å²) in [6, 6.07) is 7.62. The molecule has 0 spiro atoms. The van der Waals surface area contributed by atoms with Gasteiger partial charge in [-0.05, 0) is 12.5 Å². The number of rotatable bonds is 9. The molecule has 2 rings (SSSR count). The van der Waals surface area contributed by atoms with Crippen molar-refractivity contribution in [1.82, 2.24) is 5.32 Å². The van der Waals surface area contributed by atoms with Crippen molar-refractivity contribution in [2.75, 3.05) is 19.8 Å². The summed E-state index contributed by atoms with van der Waals surface area (Å²) in [5, 5.41) is 41.1. The van der Waals surface area contributed by atoms with Crippen molar-refractivity contribution in [1.29, 1.82) is 0 Å². The van der Waals surface area contributed by atoms with Crippen molar-refractivity contribution in [2.24, 2.45) is 0 Å². The second-order valence-corrected chi connectivity index (χ2v) is 6.54. The molecule has 1 saturated heterocycles. The molecule has 1 fully saturated rings. The van der Waals surface area contributed by atoms with Crippen LogP contribution in [0.5, 0.6) is 0 Å². The van der Waals surface area contributed by atoms with Crippen LogP contribution in [0.15, 0.2) is 30.3 Å². The number of aliphatic hydroxyl groups excluding tert-OH is 4. The number of hydrogen-bond donors (Lipinski definition) is 5. The van der Waals surface area contributed by atoms with E-state index in [4.69, 9.17) is 18.9 Å². The average molecular weight is 429 g/mol. The van der Waals surface area contributed by atoms with Crippen LogP contribution in [0, 0.1) is 0 Å². The molecule has 0 aromatic heterocycles. The Labute approximate surface area is 173 Å². The summed E-state index contributed by atoms with van der Waals surface area (Å²) in [7, 11) is 0. The fraction of sp³-hybridized carbons (Fsp3) is 0.579. The molecule has 0 saturated carbocycles. The molecule has 5 N–H and O–H groups in total. The molecule has 1 aromatic carbocycles. The number of nitrogens with one attached hydrogen (secondary N) is 1. The number of aliphatic hydroxyl groups is 4. The van der Waals surface area contributed by atoms with Gasteiger partial charge in [-0.3, -0.25) is 0 Å². The van der Waals surface area contributed by atoms with Crippen molar-refractivity contribution < 1.29 is 49.0 Å². The van der Waals surface area contributed by atoms with Crippen LogP contribution in [0.4, 0.5) is 4.79 Å². The first kappa shape index (κ1) is 24.0. The van der Waals surface area contributed by atoms with E-state index >= 15 is 0 Å². The Morgan fingerprint density at radius 1 is 1.10 bits per heavy atom. The Morgan fingerprint density at radius 2 is 1.80 bits per heavy atom. The lowest BCUT2D eigenvalue weighted by molar-refractivity contribution is -0.301. The van der Waals surface area contributed by atoms with Gasteiger partial charge in [0.1, 0.15) is 31.0 Å². The van der Waals surface area contributed by atoms with Crippen LogP contribution in [0.3, 0.4) is 0 Å². The minimum atomic E-state index is -1.64. The number of ether oxygens (including phenoxy) is 4.